The maximum absolute atomic E-state index is 12.2. The van der Waals surface area contributed by atoms with Crippen LogP contribution in [0.3, 0.4) is 0 Å². The van der Waals surface area contributed by atoms with Crippen molar-refractivity contribution in [2.24, 2.45) is 40.4 Å². The molecule has 0 saturated heterocycles. The summed E-state index contributed by atoms with van der Waals surface area (Å²) in [4.78, 5) is 23.6. The highest BCUT2D eigenvalue weighted by Gasteiger charge is 2.61. The number of aliphatic hydroxyl groups excluding tert-OH is 1. The van der Waals surface area contributed by atoms with Crippen LogP contribution in [-0.2, 0) is 19.1 Å². The quantitative estimate of drug-likeness (QED) is 0.357. The molecule has 3 rings (SSSR count). The average molecular weight is 465 g/mol. The van der Waals surface area contributed by atoms with Crippen LogP contribution in [0.1, 0.15) is 98.8 Å². The molecule has 3 saturated carbocycles. The second-order valence-electron chi connectivity index (χ2n) is 12.7. The lowest BCUT2D eigenvalue weighted by Gasteiger charge is -2.60. The largest absolute Gasteiger partial charge is 0.460 e. The third kappa shape index (κ3) is 5.50. The maximum atomic E-state index is 12.2. The molecule has 3 aliphatic carbocycles. The molecule has 0 aromatic rings. The van der Waals surface area contributed by atoms with Crippen molar-refractivity contribution >= 4 is 12.3 Å². The van der Waals surface area contributed by atoms with E-state index in [2.05, 4.69) is 13.8 Å². The summed E-state index contributed by atoms with van der Waals surface area (Å²) in [6.45, 7) is 11.3. The number of fused-ring (bicyclic) bond motifs is 3. The number of hydrogen-bond acceptors (Lipinski definition) is 5. The fourth-order valence-corrected chi connectivity index (χ4v) is 8.18. The highest BCUT2D eigenvalue weighted by Crippen LogP contribution is 2.66. The number of rotatable bonds is 9. The molecule has 3 aliphatic rings. The van der Waals surface area contributed by atoms with Gasteiger partial charge in [0.15, 0.2) is 0 Å². The maximum Gasteiger partial charge on any atom is 0.306 e. The second-order valence-corrected chi connectivity index (χ2v) is 12.7. The van der Waals surface area contributed by atoms with Gasteiger partial charge in [-0.1, -0.05) is 13.8 Å². The van der Waals surface area contributed by atoms with E-state index in [1.807, 2.05) is 20.8 Å². The van der Waals surface area contributed by atoms with E-state index in [0.717, 1.165) is 38.4 Å². The van der Waals surface area contributed by atoms with Crippen molar-refractivity contribution in [2.45, 2.75) is 111 Å². The smallest absolute Gasteiger partial charge is 0.306 e. The molecule has 0 amide bonds. The highest BCUT2D eigenvalue weighted by molar-refractivity contribution is 5.69. The Morgan fingerprint density at radius 1 is 1.12 bits per heavy atom. The van der Waals surface area contributed by atoms with E-state index >= 15 is 0 Å². The van der Waals surface area contributed by atoms with Gasteiger partial charge < -0.3 is 19.4 Å². The Labute approximate surface area is 201 Å². The van der Waals surface area contributed by atoms with Crippen LogP contribution >= 0.6 is 0 Å². The third-order valence-electron chi connectivity index (χ3n) is 9.86. The first-order valence-electron chi connectivity index (χ1n) is 13.3. The Bertz CT molecular complexity index is 684. The minimum Gasteiger partial charge on any atom is -0.460 e. The first kappa shape index (κ1) is 26.7. The van der Waals surface area contributed by atoms with Crippen LogP contribution in [0.25, 0.3) is 0 Å². The Kier molecular flexibility index (Phi) is 8.37. The van der Waals surface area contributed by atoms with Gasteiger partial charge in [-0.05, 0) is 113 Å². The Balaban J connectivity index is 1.70. The molecular formula is C28H48O5. The van der Waals surface area contributed by atoms with Gasteiger partial charge in [0, 0.05) is 26.6 Å². The van der Waals surface area contributed by atoms with Gasteiger partial charge in [0.1, 0.15) is 11.9 Å². The first-order chi connectivity index (χ1) is 15.5. The van der Waals surface area contributed by atoms with Crippen molar-refractivity contribution in [3.05, 3.63) is 0 Å². The van der Waals surface area contributed by atoms with Gasteiger partial charge in [0.05, 0.1) is 6.10 Å². The summed E-state index contributed by atoms with van der Waals surface area (Å²) >= 11 is 0. The number of ether oxygens (including phenoxy) is 2. The van der Waals surface area contributed by atoms with Crippen LogP contribution in [0.5, 0.6) is 0 Å². The van der Waals surface area contributed by atoms with E-state index in [1.54, 1.807) is 7.11 Å². The molecule has 0 aromatic carbocycles. The van der Waals surface area contributed by atoms with Gasteiger partial charge in [-0.15, -0.1) is 0 Å². The van der Waals surface area contributed by atoms with Crippen LogP contribution in [0.15, 0.2) is 0 Å². The topological polar surface area (TPSA) is 72.8 Å². The van der Waals surface area contributed by atoms with Crippen molar-refractivity contribution in [3.8, 4) is 0 Å². The molecule has 5 heteroatoms. The third-order valence-corrected chi connectivity index (χ3v) is 9.86. The normalized spacial score (nSPS) is 40.7. The molecule has 0 aromatic heterocycles. The average Bonchev–Trinajstić information content (AvgIpc) is 3.05. The Morgan fingerprint density at radius 3 is 2.48 bits per heavy atom. The van der Waals surface area contributed by atoms with E-state index < -0.39 is 5.60 Å². The number of aliphatic hydroxyl groups is 1. The van der Waals surface area contributed by atoms with Gasteiger partial charge in [0.25, 0.3) is 0 Å². The van der Waals surface area contributed by atoms with Crippen LogP contribution in [0, 0.1) is 40.4 Å². The van der Waals surface area contributed by atoms with Gasteiger partial charge >= 0.3 is 5.97 Å². The standard InChI is InChI=1S/C28H48O5/c1-26(2,3)33-24(31)9-7-8-19-10-11-21-25-22(12-14-27(19,21)4)28(5,15-17-32-6)20(13-16-29)18-23(25)30/h16,19-23,25,30H,7-15,17-18H2,1-6H3. The van der Waals surface area contributed by atoms with Gasteiger partial charge in [-0.3, -0.25) is 4.79 Å². The van der Waals surface area contributed by atoms with Crippen LogP contribution < -0.4 is 0 Å². The van der Waals surface area contributed by atoms with Gasteiger partial charge in [0.2, 0.25) is 0 Å². The molecule has 1 N–H and O–H groups in total. The monoisotopic (exact) mass is 464 g/mol. The molecule has 190 valence electrons. The molecule has 8 atom stereocenters. The first-order valence-corrected chi connectivity index (χ1v) is 13.3. The zero-order valence-corrected chi connectivity index (χ0v) is 21.9. The molecule has 0 aliphatic heterocycles. The fraction of sp³-hybridized carbons (Fsp3) is 0.929. The predicted octanol–water partition coefficient (Wildman–Crippen LogP) is 5.57. The molecule has 0 heterocycles. The number of aldehydes is 1. The molecule has 8 unspecified atom stereocenters. The predicted molar refractivity (Wildman–Crippen MR) is 130 cm³/mol. The SMILES string of the molecule is COCCC1(C)C(CC=O)CC(O)C2C3CCC(CCCC(=O)OC(C)(C)C)C3(C)CCC21. The highest BCUT2D eigenvalue weighted by atomic mass is 16.6. The van der Waals surface area contributed by atoms with E-state index in [-0.39, 0.29) is 28.8 Å². The Hall–Kier alpha value is -0.940. The summed E-state index contributed by atoms with van der Waals surface area (Å²) in [7, 11) is 1.75. The molecule has 3 fully saturated rings. The van der Waals surface area contributed by atoms with Crippen LogP contribution in [-0.4, -0.2) is 42.8 Å². The summed E-state index contributed by atoms with van der Waals surface area (Å²) in [6, 6.07) is 0. The molecule has 0 bridgehead atoms. The van der Waals surface area contributed by atoms with Gasteiger partial charge in [-0.2, -0.15) is 0 Å². The van der Waals surface area contributed by atoms with E-state index in [0.29, 0.717) is 43.1 Å². The lowest BCUT2D eigenvalue weighted by Crippen LogP contribution is -2.57. The number of methoxy groups -OCH3 is 1. The van der Waals surface area contributed by atoms with Crippen molar-refractivity contribution < 1.29 is 24.2 Å². The number of carbonyl (C=O) groups excluding carboxylic acids is 2. The van der Waals surface area contributed by atoms with E-state index in [9.17, 15) is 14.7 Å². The van der Waals surface area contributed by atoms with Crippen molar-refractivity contribution in [1.82, 2.24) is 0 Å². The van der Waals surface area contributed by atoms with E-state index in [1.165, 1.54) is 19.3 Å². The second kappa shape index (κ2) is 10.4. The fourth-order valence-electron chi connectivity index (χ4n) is 8.18. The molecular weight excluding hydrogens is 416 g/mol. The minimum atomic E-state index is -0.422. The number of hydrogen-bond donors (Lipinski definition) is 1. The Morgan fingerprint density at radius 2 is 1.85 bits per heavy atom. The van der Waals surface area contributed by atoms with Crippen molar-refractivity contribution in [3.63, 3.8) is 0 Å². The zero-order valence-electron chi connectivity index (χ0n) is 21.9. The lowest BCUT2D eigenvalue weighted by molar-refractivity contribution is -0.160. The number of esters is 1. The molecule has 0 radical (unpaired) electrons. The summed E-state index contributed by atoms with van der Waals surface area (Å²) in [6.07, 6.45) is 10.1. The molecule has 33 heavy (non-hydrogen) atoms. The van der Waals surface area contributed by atoms with Crippen molar-refractivity contribution in [2.75, 3.05) is 13.7 Å². The van der Waals surface area contributed by atoms with Crippen LogP contribution in [0.4, 0.5) is 0 Å². The molecule has 0 spiro atoms. The zero-order chi connectivity index (χ0) is 24.4. The van der Waals surface area contributed by atoms with Crippen molar-refractivity contribution in [1.29, 1.82) is 0 Å². The van der Waals surface area contributed by atoms with Gasteiger partial charge in [-0.25, -0.2) is 0 Å². The van der Waals surface area contributed by atoms with E-state index in [4.69, 9.17) is 9.47 Å². The number of carbonyl (C=O) groups is 2. The molecule has 5 nitrogen and oxygen atoms in total. The summed E-state index contributed by atoms with van der Waals surface area (Å²) in [5.41, 5.74) is -0.152. The van der Waals surface area contributed by atoms with Crippen LogP contribution in [0.2, 0.25) is 0 Å². The lowest BCUT2D eigenvalue weighted by atomic mass is 9.45. The minimum absolute atomic E-state index is 0.0386. The summed E-state index contributed by atoms with van der Waals surface area (Å²) in [5, 5.41) is 11.4. The summed E-state index contributed by atoms with van der Waals surface area (Å²) in [5.74, 6) is 2.03. The summed E-state index contributed by atoms with van der Waals surface area (Å²) < 4.78 is 11.0.